The Kier molecular flexibility index (Phi) is 6.14. The second kappa shape index (κ2) is 7.40. The molecule has 0 saturated heterocycles. The van der Waals surface area contributed by atoms with Gasteiger partial charge in [-0.05, 0) is 32.4 Å². The van der Waals surface area contributed by atoms with Gasteiger partial charge >= 0.3 is 0 Å². The Morgan fingerprint density at radius 1 is 1.33 bits per heavy atom. The molecule has 0 saturated carbocycles. The molecule has 21 heavy (non-hydrogen) atoms. The number of pyridine rings is 1. The molecule has 6 nitrogen and oxygen atoms in total. The molecule has 0 aliphatic carbocycles. The Bertz CT molecular complexity index is 566. The molecule has 0 unspecified atom stereocenters. The van der Waals surface area contributed by atoms with Gasteiger partial charge < -0.3 is 10.2 Å². The predicted molar refractivity (Wildman–Crippen MR) is 84.0 cm³/mol. The third-order valence-corrected chi connectivity index (χ3v) is 4.87. The van der Waals surface area contributed by atoms with Crippen molar-refractivity contribution < 1.29 is 13.2 Å². The van der Waals surface area contributed by atoms with Crippen molar-refractivity contribution in [2.24, 2.45) is 0 Å². The van der Waals surface area contributed by atoms with Crippen molar-refractivity contribution in [1.82, 2.24) is 10.3 Å². The number of anilines is 1. The van der Waals surface area contributed by atoms with E-state index in [9.17, 15) is 13.2 Å². The number of hydrogen-bond donors (Lipinski definition) is 1. The van der Waals surface area contributed by atoms with Gasteiger partial charge in [0.1, 0.15) is 11.1 Å². The van der Waals surface area contributed by atoms with Crippen LogP contribution in [-0.2, 0) is 21.2 Å². The Morgan fingerprint density at radius 2 is 1.95 bits per heavy atom. The lowest BCUT2D eigenvalue weighted by molar-refractivity contribution is -0.120. The number of rotatable bonds is 7. The summed E-state index contributed by atoms with van der Waals surface area (Å²) < 4.78 is 22.6. The largest absolute Gasteiger partial charge is 0.357 e. The third-order valence-electron chi connectivity index (χ3n) is 3.37. The van der Waals surface area contributed by atoms with E-state index in [-0.39, 0.29) is 6.54 Å². The van der Waals surface area contributed by atoms with E-state index in [0.29, 0.717) is 0 Å². The van der Waals surface area contributed by atoms with Crippen molar-refractivity contribution in [2.75, 3.05) is 24.2 Å². The molecule has 0 aliphatic rings. The molecule has 0 aromatic carbocycles. The maximum atomic E-state index is 11.7. The van der Waals surface area contributed by atoms with E-state index in [1.165, 1.54) is 6.92 Å². The minimum Gasteiger partial charge on any atom is -0.357 e. The van der Waals surface area contributed by atoms with Gasteiger partial charge in [0.05, 0.1) is 0 Å². The Balaban J connectivity index is 2.63. The van der Waals surface area contributed by atoms with E-state index in [2.05, 4.69) is 29.0 Å². The number of nitrogens with one attached hydrogen (secondary N) is 1. The number of nitrogens with zero attached hydrogens (tertiary/aromatic N) is 2. The molecule has 0 aliphatic heterocycles. The van der Waals surface area contributed by atoms with Gasteiger partial charge in [-0.2, -0.15) is 0 Å². The highest BCUT2D eigenvalue weighted by molar-refractivity contribution is 7.92. The summed E-state index contributed by atoms with van der Waals surface area (Å²) in [4.78, 5) is 18.2. The summed E-state index contributed by atoms with van der Waals surface area (Å²) in [7, 11) is -3.37. The molecular formula is C14H23N3O3S. The summed E-state index contributed by atoms with van der Waals surface area (Å²) in [5.74, 6) is 0.393. The van der Waals surface area contributed by atoms with E-state index in [1.54, 1.807) is 6.20 Å². The van der Waals surface area contributed by atoms with Crippen LogP contribution in [0.25, 0.3) is 0 Å². The van der Waals surface area contributed by atoms with Gasteiger partial charge in [-0.1, -0.05) is 6.07 Å². The molecule has 0 radical (unpaired) electrons. The predicted octanol–water partition coefficient (Wildman–Crippen LogP) is 0.977. The average Bonchev–Trinajstić information content (AvgIpc) is 2.45. The van der Waals surface area contributed by atoms with E-state index in [1.807, 2.05) is 12.1 Å². The van der Waals surface area contributed by atoms with Gasteiger partial charge in [0, 0.05) is 32.1 Å². The average molecular weight is 313 g/mol. The van der Waals surface area contributed by atoms with Crippen LogP contribution in [0.4, 0.5) is 5.82 Å². The zero-order chi connectivity index (χ0) is 16.0. The first kappa shape index (κ1) is 17.4. The first-order valence-corrected chi connectivity index (χ1v) is 8.91. The zero-order valence-corrected chi connectivity index (χ0v) is 13.8. The van der Waals surface area contributed by atoms with E-state index < -0.39 is 21.0 Å². The summed E-state index contributed by atoms with van der Waals surface area (Å²) in [6.45, 7) is 7.53. The molecule has 7 heteroatoms. The molecule has 1 N–H and O–H groups in total. The number of hydrogen-bond acceptors (Lipinski definition) is 5. The lowest BCUT2D eigenvalue weighted by Gasteiger charge is -2.19. The summed E-state index contributed by atoms with van der Waals surface area (Å²) in [6.07, 6.45) is 2.75. The van der Waals surface area contributed by atoms with Gasteiger partial charge in [0.15, 0.2) is 9.84 Å². The fourth-order valence-corrected chi connectivity index (χ4v) is 2.26. The molecule has 1 rings (SSSR count). The second-order valence-corrected chi connectivity index (χ2v) is 7.25. The van der Waals surface area contributed by atoms with Crippen LogP contribution in [0.1, 0.15) is 26.3 Å². The SMILES string of the molecule is CCN(CC)c1ccc(CNC(=O)[C@@H](C)S(C)(=O)=O)cn1. The Labute approximate surface area is 126 Å². The monoisotopic (exact) mass is 313 g/mol. The van der Waals surface area contributed by atoms with E-state index in [4.69, 9.17) is 0 Å². The standard InChI is InChI=1S/C14H23N3O3S/c1-5-17(6-2)13-8-7-12(9-15-13)10-16-14(18)11(3)21(4,19)20/h7-9,11H,5-6,10H2,1-4H3,(H,16,18)/t11-/m1/s1. The van der Waals surface area contributed by atoms with E-state index >= 15 is 0 Å². The number of carbonyl (C=O) groups is 1. The molecule has 1 heterocycles. The fraction of sp³-hybridized carbons (Fsp3) is 0.571. The molecule has 0 spiro atoms. The number of aromatic nitrogens is 1. The lowest BCUT2D eigenvalue weighted by Crippen LogP contribution is -2.37. The maximum Gasteiger partial charge on any atom is 0.238 e. The highest BCUT2D eigenvalue weighted by atomic mass is 32.2. The van der Waals surface area contributed by atoms with Crippen LogP contribution in [-0.4, -0.2) is 43.9 Å². The van der Waals surface area contributed by atoms with E-state index in [0.717, 1.165) is 30.7 Å². The summed E-state index contributed by atoms with van der Waals surface area (Å²) in [6, 6.07) is 3.78. The van der Waals surface area contributed by atoms with Crippen molar-refractivity contribution in [1.29, 1.82) is 0 Å². The van der Waals surface area contributed by atoms with Gasteiger partial charge in [0.25, 0.3) is 0 Å². The van der Waals surface area contributed by atoms with Crippen molar-refractivity contribution in [3.05, 3.63) is 23.9 Å². The zero-order valence-electron chi connectivity index (χ0n) is 13.0. The minimum atomic E-state index is -3.37. The third kappa shape index (κ3) is 5.00. The first-order chi connectivity index (χ1) is 9.79. The van der Waals surface area contributed by atoms with Crippen LogP contribution in [0.5, 0.6) is 0 Å². The summed E-state index contributed by atoms with van der Waals surface area (Å²) in [5, 5.41) is 1.57. The van der Waals surface area contributed by atoms with Crippen LogP contribution < -0.4 is 10.2 Å². The van der Waals surface area contributed by atoms with Crippen LogP contribution in [0, 0.1) is 0 Å². The van der Waals surface area contributed by atoms with Crippen LogP contribution in [0.3, 0.4) is 0 Å². The molecule has 0 fully saturated rings. The van der Waals surface area contributed by atoms with Crippen LogP contribution in [0.2, 0.25) is 0 Å². The molecule has 0 bridgehead atoms. The Morgan fingerprint density at radius 3 is 2.38 bits per heavy atom. The highest BCUT2D eigenvalue weighted by Crippen LogP contribution is 2.10. The smallest absolute Gasteiger partial charge is 0.238 e. The molecule has 1 atom stereocenters. The molecule has 1 amide bonds. The maximum absolute atomic E-state index is 11.7. The van der Waals surface area contributed by atoms with Crippen LogP contribution in [0.15, 0.2) is 18.3 Å². The van der Waals surface area contributed by atoms with Crippen molar-refractivity contribution >= 4 is 21.6 Å². The normalized spacial score (nSPS) is 12.8. The number of sulfone groups is 1. The molecule has 1 aromatic heterocycles. The first-order valence-electron chi connectivity index (χ1n) is 6.96. The van der Waals surface area contributed by atoms with Crippen molar-refractivity contribution in [3.8, 4) is 0 Å². The number of carbonyl (C=O) groups excluding carboxylic acids is 1. The quantitative estimate of drug-likeness (QED) is 0.811. The van der Waals surface area contributed by atoms with Gasteiger partial charge in [-0.15, -0.1) is 0 Å². The minimum absolute atomic E-state index is 0.268. The molecule has 1 aromatic rings. The fourth-order valence-electron chi connectivity index (χ4n) is 1.78. The second-order valence-electron chi connectivity index (χ2n) is 4.89. The van der Waals surface area contributed by atoms with Gasteiger partial charge in [-0.3, -0.25) is 4.79 Å². The van der Waals surface area contributed by atoms with Gasteiger partial charge in [0.2, 0.25) is 5.91 Å². The lowest BCUT2D eigenvalue weighted by atomic mass is 10.2. The van der Waals surface area contributed by atoms with Crippen LogP contribution >= 0.6 is 0 Å². The topological polar surface area (TPSA) is 79.4 Å². The number of amides is 1. The molecular weight excluding hydrogens is 290 g/mol. The highest BCUT2D eigenvalue weighted by Gasteiger charge is 2.22. The Hall–Kier alpha value is -1.63. The van der Waals surface area contributed by atoms with Gasteiger partial charge in [-0.25, -0.2) is 13.4 Å². The summed E-state index contributed by atoms with van der Waals surface area (Å²) >= 11 is 0. The van der Waals surface area contributed by atoms with Crippen molar-refractivity contribution in [3.63, 3.8) is 0 Å². The molecule has 118 valence electrons. The van der Waals surface area contributed by atoms with Crippen molar-refractivity contribution in [2.45, 2.75) is 32.6 Å². The summed E-state index contributed by atoms with van der Waals surface area (Å²) in [5.41, 5.74) is 0.833.